The van der Waals surface area contributed by atoms with E-state index in [9.17, 15) is 4.21 Å². The zero-order valence-corrected chi connectivity index (χ0v) is 14.4. The smallest absolute Gasteiger partial charge is 0.192 e. The quantitative estimate of drug-likeness (QED) is 0.671. The number of rotatable bonds is 5. The molecule has 1 rings (SSSR count). The Bertz CT molecular complexity index is 466. The summed E-state index contributed by atoms with van der Waals surface area (Å²) < 4.78 is 27.5. The molecule has 1 N–H and O–H groups in total. The molecule has 0 bridgehead atoms. The molecule has 1 aromatic rings. The number of nitrogens with zero attached hydrogens (tertiary/aromatic N) is 2. The van der Waals surface area contributed by atoms with E-state index in [0.29, 0.717) is 12.3 Å². The molecule has 110 valence electrons. The van der Waals surface area contributed by atoms with Gasteiger partial charge in [-0.25, -0.2) is 4.21 Å². The van der Waals surface area contributed by atoms with E-state index in [1.807, 2.05) is 13.1 Å². The van der Waals surface area contributed by atoms with Gasteiger partial charge in [0.1, 0.15) is 0 Å². The summed E-state index contributed by atoms with van der Waals surface area (Å²) in [5, 5.41) is 4.38. The van der Waals surface area contributed by atoms with Crippen LogP contribution in [0.15, 0.2) is 6.07 Å². The van der Waals surface area contributed by atoms with Crippen LogP contribution in [-0.2, 0) is 34.9 Å². The standard InChI is InChI=1S/C12H24N2O3SSi/c1-12(2,3)19(5,6)17-8-11-7-10(9-18(15)16)13-14(11)4/h7H,8-9H2,1-6H3,(H,15,16). The van der Waals surface area contributed by atoms with Crippen molar-refractivity contribution in [3.05, 3.63) is 17.5 Å². The van der Waals surface area contributed by atoms with Crippen molar-refractivity contribution in [3.63, 3.8) is 0 Å². The van der Waals surface area contributed by atoms with Gasteiger partial charge in [0.05, 0.1) is 23.7 Å². The minimum atomic E-state index is -1.85. The molecule has 0 fully saturated rings. The minimum Gasteiger partial charge on any atom is -0.411 e. The Hall–Kier alpha value is -0.503. The Labute approximate surface area is 118 Å². The predicted molar refractivity (Wildman–Crippen MR) is 79.7 cm³/mol. The highest BCUT2D eigenvalue weighted by Crippen LogP contribution is 2.37. The van der Waals surface area contributed by atoms with Crippen molar-refractivity contribution in [2.24, 2.45) is 7.05 Å². The van der Waals surface area contributed by atoms with Gasteiger partial charge in [0.2, 0.25) is 0 Å². The average molecular weight is 304 g/mol. The fraction of sp³-hybridized carbons (Fsp3) is 0.750. The van der Waals surface area contributed by atoms with Crippen molar-refractivity contribution in [2.45, 2.75) is 51.3 Å². The maximum atomic E-state index is 10.8. The van der Waals surface area contributed by atoms with Gasteiger partial charge >= 0.3 is 0 Å². The van der Waals surface area contributed by atoms with Gasteiger partial charge in [0.15, 0.2) is 19.4 Å². The molecule has 1 aromatic heterocycles. The molecule has 0 aliphatic carbocycles. The molecule has 1 heterocycles. The van der Waals surface area contributed by atoms with Gasteiger partial charge in [-0.2, -0.15) is 5.10 Å². The summed E-state index contributed by atoms with van der Waals surface area (Å²) in [6.45, 7) is 11.5. The maximum Gasteiger partial charge on any atom is 0.192 e. The van der Waals surface area contributed by atoms with Gasteiger partial charge in [-0.05, 0) is 24.2 Å². The molecule has 0 saturated carbocycles. The minimum absolute atomic E-state index is 0.0634. The molecule has 0 aliphatic heterocycles. The Balaban J connectivity index is 2.73. The van der Waals surface area contributed by atoms with Crippen molar-refractivity contribution in [1.29, 1.82) is 0 Å². The van der Waals surface area contributed by atoms with Crippen LogP contribution < -0.4 is 0 Å². The van der Waals surface area contributed by atoms with Crippen molar-refractivity contribution < 1.29 is 13.2 Å². The SMILES string of the molecule is Cn1nc(CS(=O)O)cc1CO[Si](C)(C)C(C)(C)C. The van der Waals surface area contributed by atoms with Gasteiger partial charge in [-0.3, -0.25) is 4.68 Å². The third-order valence-corrected chi connectivity index (χ3v) is 8.71. The highest BCUT2D eigenvalue weighted by atomic mass is 32.2. The molecule has 0 aromatic carbocycles. The Morgan fingerprint density at radius 1 is 1.47 bits per heavy atom. The van der Waals surface area contributed by atoms with Gasteiger partial charge in [-0.1, -0.05) is 20.8 Å². The van der Waals surface area contributed by atoms with E-state index in [1.165, 1.54) is 0 Å². The van der Waals surface area contributed by atoms with Crippen LogP contribution in [0.1, 0.15) is 32.2 Å². The van der Waals surface area contributed by atoms with E-state index < -0.39 is 19.4 Å². The molecule has 19 heavy (non-hydrogen) atoms. The largest absolute Gasteiger partial charge is 0.411 e. The molecule has 0 amide bonds. The number of hydrogen-bond acceptors (Lipinski definition) is 3. The highest BCUT2D eigenvalue weighted by molar-refractivity contribution is 7.78. The summed E-state index contributed by atoms with van der Waals surface area (Å²) in [6.07, 6.45) is 0. The predicted octanol–water partition coefficient (Wildman–Crippen LogP) is 2.66. The summed E-state index contributed by atoms with van der Waals surface area (Å²) in [7, 11) is 0.0437. The monoisotopic (exact) mass is 304 g/mol. The Morgan fingerprint density at radius 3 is 2.53 bits per heavy atom. The third-order valence-electron chi connectivity index (χ3n) is 3.69. The van der Waals surface area contributed by atoms with Crippen molar-refractivity contribution in [2.75, 3.05) is 0 Å². The van der Waals surface area contributed by atoms with E-state index in [0.717, 1.165) is 5.69 Å². The summed E-state index contributed by atoms with van der Waals surface area (Å²) in [4.78, 5) is 0. The third kappa shape index (κ3) is 4.52. The van der Waals surface area contributed by atoms with E-state index in [4.69, 9.17) is 8.98 Å². The molecule has 0 spiro atoms. The molecule has 0 aliphatic rings. The first-order valence-corrected chi connectivity index (χ1v) is 10.4. The van der Waals surface area contributed by atoms with Gasteiger partial charge in [-0.15, -0.1) is 0 Å². The fourth-order valence-corrected chi connectivity index (χ4v) is 2.71. The summed E-state index contributed by atoms with van der Waals surface area (Å²) in [5.41, 5.74) is 1.56. The van der Waals surface area contributed by atoms with E-state index in [-0.39, 0.29) is 10.8 Å². The van der Waals surface area contributed by atoms with Crippen LogP contribution in [0.5, 0.6) is 0 Å². The van der Waals surface area contributed by atoms with Crippen LogP contribution in [0.3, 0.4) is 0 Å². The van der Waals surface area contributed by atoms with Crippen LogP contribution in [0.2, 0.25) is 18.1 Å². The number of aryl methyl sites for hydroxylation is 1. The van der Waals surface area contributed by atoms with Crippen LogP contribution in [-0.4, -0.2) is 26.9 Å². The normalized spacial score (nSPS) is 14.7. The topological polar surface area (TPSA) is 64.4 Å². The van der Waals surface area contributed by atoms with Gasteiger partial charge < -0.3 is 8.98 Å². The lowest BCUT2D eigenvalue weighted by atomic mass is 10.2. The maximum absolute atomic E-state index is 10.8. The highest BCUT2D eigenvalue weighted by Gasteiger charge is 2.37. The average Bonchev–Trinajstić information content (AvgIpc) is 2.53. The first-order chi connectivity index (χ1) is 8.53. The first kappa shape index (κ1) is 16.6. The van der Waals surface area contributed by atoms with Gasteiger partial charge in [0.25, 0.3) is 0 Å². The number of aromatic nitrogens is 2. The van der Waals surface area contributed by atoms with Crippen molar-refractivity contribution >= 4 is 19.4 Å². The molecule has 7 heteroatoms. The summed E-state index contributed by atoms with van der Waals surface area (Å²) in [6, 6.07) is 1.83. The fourth-order valence-electron chi connectivity index (χ4n) is 1.37. The van der Waals surface area contributed by atoms with E-state index >= 15 is 0 Å². The van der Waals surface area contributed by atoms with Gasteiger partial charge in [0, 0.05) is 7.05 Å². The lowest BCUT2D eigenvalue weighted by molar-refractivity contribution is 0.266. The second-order valence-electron chi connectivity index (χ2n) is 6.27. The molecule has 5 nitrogen and oxygen atoms in total. The zero-order valence-electron chi connectivity index (χ0n) is 12.6. The second kappa shape index (κ2) is 5.86. The van der Waals surface area contributed by atoms with E-state index in [2.05, 4.69) is 39.0 Å². The molecule has 0 radical (unpaired) electrons. The second-order valence-corrected chi connectivity index (χ2v) is 12.0. The van der Waals surface area contributed by atoms with Crippen LogP contribution >= 0.6 is 0 Å². The Kier molecular flexibility index (Phi) is 5.11. The van der Waals surface area contributed by atoms with Crippen molar-refractivity contribution in [3.8, 4) is 0 Å². The van der Waals surface area contributed by atoms with Crippen LogP contribution in [0.25, 0.3) is 0 Å². The van der Waals surface area contributed by atoms with Crippen LogP contribution in [0.4, 0.5) is 0 Å². The molecule has 0 saturated heterocycles. The molecular formula is C12H24N2O3SSi. The summed E-state index contributed by atoms with van der Waals surface area (Å²) >= 11 is -1.85. The Morgan fingerprint density at radius 2 is 2.05 bits per heavy atom. The van der Waals surface area contributed by atoms with E-state index in [1.54, 1.807) is 4.68 Å². The molecule has 1 atom stereocenters. The molecule has 1 unspecified atom stereocenters. The lowest BCUT2D eigenvalue weighted by Crippen LogP contribution is -2.40. The van der Waals surface area contributed by atoms with Crippen LogP contribution in [0, 0.1) is 0 Å². The van der Waals surface area contributed by atoms with Crippen molar-refractivity contribution in [1.82, 2.24) is 9.78 Å². The summed E-state index contributed by atoms with van der Waals surface area (Å²) in [5.74, 6) is 0.0634. The lowest BCUT2D eigenvalue weighted by Gasteiger charge is -2.36. The molecular weight excluding hydrogens is 280 g/mol. The first-order valence-electron chi connectivity index (χ1n) is 6.26. The number of hydrogen-bond donors (Lipinski definition) is 1. The zero-order chi connectivity index (χ0) is 14.8.